The topological polar surface area (TPSA) is 119 Å². The summed E-state index contributed by atoms with van der Waals surface area (Å²) < 4.78 is 10.3. The van der Waals surface area contributed by atoms with Crippen LogP contribution in [0, 0.1) is 0 Å². The molecule has 0 fully saturated rings. The van der Waals surface area contributed by atoms with E-state index in [1.54, 1.807) is 42.5 Å². The molecule has 0 spiro atoms. The smallest absolute Gasteiger partial charge is 0.349 e. The van der Waals surface area contributed by atoms with Gasteiger partial charge in [0.25, 0.3) is 5.91 Å². The fourth-order valence-electron chi connectivity index (χ4n) is 2.99. The van der Waals surface area contributed by atoms with Crippen LogP contribution in [0.1, 0.15) is 26.3 Å². The lowest BCUT2D eigenvalue weighted by atomic mass is 10.1. The predicted octanol–water partition coefficient (Wildman–Crippen LogP) is 4.15. The van der Waals surface area contributed by atoms with Gasteiger partial charge in [0.2, 0.25) is 12.2 Å². The van der Waals surface area contributed by atoms with Crippen LogP contribution in [-0.4, -0.2) is 41.1 Å². The highest BCUT2D eigenvalue weighted by Crippen LogP contribution is 2.21. The summed E-state index contributed by atoms with van der Waals surface area (Å²) >= 11 is 12.0. The first-order valence-electron chi connectivity index (χ1n) is 10.2. The van der Waals surface area contributed by atoms with E-state index in [1.807, 2.05) is 0 Å². The van der Waals surface area contributed by atoms with Gasteiger partial charge in [0.1, 0.15) is 0 Å². The molecule has 180 valence electrons. The Bertz CT molecular complexity index is 1230. The standard InChI is InChI=1S/C25H19Cl2NO7/c26-18-12-6-4-10-16(18)24(32)34-20(22(29)28-14-15-8-2-1-3-9-15)21(23(30)31)35-25(33)17-11-5-7-13-19(17)27/h1-13,20-21H,14H2,(H,28,29)(H,30,31)/t20-,21-/m0/s1. The van der Waals surface area contributed by atoms with Crippen LogP contribution in [0.15, 0.2) is 78.9 Å². The first-order chi connectivity index (χ1) is 16.8. The summed E-state index contributed by atoms with van der Waals surface area (Å²) in [5.41, 5.74) is 0.481. The van der Waals surface area contributed by atoms with Crippen molar-refractivity contribution in [3.8, 4) is 0 Å². The number of carbonyl (C=O) groups excluding carboxylic acids is 3. The van der Waals surface area contributed by atoms with Crippen LogP contribution < -0.4 is 5.32 Å². The van der Waals surface area contributed by atoms with Crippen molar-refractivity contribution in [1.29, 1.82) is 0 Å². The maximum Gasteiger partial charge on any atom is 0.349 e. The minimum absolute atomic E-state index is 0.00458. The van der Waals surface area contributed by atoms with E-state index in [9.17, 15) is 24.3 Å². The molecule has 0 radical (unpaired) electrons. The average molecular weight is 516 g/mol. The number of hydrogen-bond acceptors (Lipinski definition) is 6. The fourth-order valence-corrected chi connectivity index (χ4v) is 3.42. The van der Waals surface area contributed by atoms with Gasteiger partial charge in [-0.05, 0) is 29.8 Å². The summed E-state index contributed by atoms with van der Waals surface area (Å²) in [6.45, 7) is 0.00458. The fraction of sp³-hybridized carbons (Fsp3) is 0.120. The number of aliphatic carboxylic acids is 1. The summed E-state index contributed by atoms with van der Waals surface area (Å²) in [5, 5.41) is 12.3. The summed E-state index contributed by atoms with van der Waals surface area (Å²) in [4.78, 5) is 50.4. The predicted molar refractivity (Wildman–Crippen MR) is 127 cm³/mol. The van der Waals surface area contributed by atoms with Crippen molar-refractivity contribution in [3.05, 3.63) is 106 Å². The molecule has 35 heavy (non-hydrogen) atoms. The maximum atomic E-state index is 13.0. The van der Waals surface area contributed by atoms with Gasteiger partial charge in [-0.2, -0.15) is 0 Å². The molecule has 8 nitrogen and oxygen atoms in total. The number of nitrogens with one attached hydrogen (secondary N) is 1. The average Bonchev–Trinajstić information content (AvgIpc) is 2.85. The minimum atomic E-state index is -2.18. The second-order valence-corrected chi connectivity index (χ2v) is 7.97. The molecule has 2 N–H and O–H groups in total. The molecule has 0 unspecified atom stereocenters. The quantitative estimate of drug-likeness (QED) is 0.411. The van der Waals surface area contributed by atoms with Crippen molar-refractivity contribution in [2.75, 3.05) is 0 Å². The van der Waals surface area contributed by atoms with E-state index in [4.69, 9.17) is 32.7 Å². The molecule has 0 heterocycles. The van der Waals surface area contributed by atoms with Crippen LogP contribution in [0.4, 0.5) is 0 Å². The van der Waals surface area contributed by atoms with E-state index >= 15 is 0 Å². The summed E-state index contributed by atoms with van der Waals surface area (Å²) in [5.74, 6) is -4.89. The molecular formula is C25H19Cl2NO7. The molecule has 10 heteroatoms. The zero-order valence-electron chi connectivity index (χ0n) is 18.0. The van der Waals surface area contributed by atoms with E-state index in [-0.39, 0.29) is 27.7 Å². The second-order valence-electron chi connectivity index (χ2n) is 7.15. The summed E-state index contributed by atoms with van der Waals surface area (Å²) in [6, 6.07) is 20.4. The number of halogens is 2. The third-order valence-corrected chi connectivity index (χ3v) is 5.40. The molecule has 0 saturated carbocycles. The van der Waals surface area contributed by atoms with Crippen LogP contribution in [0.2, 0.25) is 10.0 Å². The Morgan fingerprint density at radius 2 is 1.17 bits per heavy atom. The third kappa shape index (κ3) is 6.81. The Morgan fingerprint density at radius 3 is 1.66 bits per heavy atom. The number of amides is 1. The van der Waals surface area contributed by atoms with Crippen molar-refractivity contribution in [2.45, 2.75) is 18.8 Å². The molecule has 0 saturated heterocycles. The highest BCUT2D eigenvalue weighted by atomic mass is 35.5. The molecule has 1 amide bonds. The second kappa shape index (κ2) is 12.0. The Hall–Kier alpha value is -3.88. The zero-order chi connectivity index (χ0) is 25.4. The van der Waals surface area contributed by atoms with Gasteiger partial charge in [0.05, 0.1) is 21.2 Å². The molecule has 0 aliphatic heterocycles. The van der Waals surface area contributed by atoms with E-state index < -0.39 is 36.0 Å². The van der Waals surface area contributed by atoms with Gasteiger partial charge in [-0.1, -0.05) is 77.8 Å². The first kappa shape index (κ1) is 25.7. The Kier molecular flexibility index (Phi) is 8.83. The van der Waals surface area contributed by atoms with Crippen LogP contribution in [0.25, 0.3) is 0 Å². The lowest BCUT2D eigenvalue weighted by molar-refractivity contribution is -0.159. The van der Waals surface area contributed by atoms with E-state index in [0.29, 0.717) is 5.56 Å². The van der Waals surface area contributed by atoms with Crippen molar-refractivity contribution >= 4 is 47.0 Å². The number of rotatable bonds is 9. The number of carboxylic acid groups (broad SMARTS) is 1. The largest absolute Gasteiger partial charge is 0.478 e. The van der Waals surface area contributed by atoms with Gasteiger partial charge >= 0.3 is 17.9 Å². The number of carboxylic acids is 1. The van der Waals surface area contributed by atoms with Crippen molar-refractivity contribution in [2.24, 2.45) is 0 Å². The molecule has 0 aromatic heterocycles. The Balaban J connectivity index is 1.88. The molecule has 0 aliphatic carbocycles. The van der Waals surface area contributed by atoms with Crippen molar-refractivity contribution < 1.29 is 33.8 Å². The van der Waals surface area contributed by atoms with Gasteiger partial charge < -0.3 is 19.9 Å². The summed E-state index contributed by atoms with van der Waals surface area (Å²) in [7, 11) is 0. The zero-order valence-corrected chi connectivity index (χ0v) is 19.5. The lowest BCUT2D eigenvalue weighted by Gasteiger charge is -2.24. The van der Waals surface area contributed by atoms with Gasteiger partial charge in [-0.3, -0.25) is 4.79 Å². The van der Waals surface area contributed by atoms with Gasteiger partial charge in [0, 0.05) is 6.54 Å². The Morgan fingerprint density at radius 1 is 0.714 bits per heavy atom. The number of benzene rings is 3. The number of hydrogen-bond donors (Lipinski definition) is 2. The van der Waals surface area contributed by atoms with Gasteiger partial charge in [-0.15, -0.1) is 0 Å². The van der Waals surface area contributed by atoms with Gasteiger partial charge in [0.15, 0.2) is 0 Å². The van der Waals surface area contributed by atoms with Crippen molar-refractivity contribution in [3.63, 3.8) is 0 Å². The molecule has 3 aromatic rings. The molecule has 2 atom stereocenters. The lowest BCUT2D eigenvalue weighted by Crippen LogP contribution is -2.50. The van der Waals surface area contributed by atoms with Crippen molar-refractivity contribution in [1.82, 2.24) is 5.32 Å². The third-order valence-electron chi connectivity index (χ3n) is 4.74. The van der Waals surface area contributed by atoms with Crippen LogP contribution in [0.3, 0.4) is 0 Å². The minimum Gasteiger partial charge on any atom is -0.478 e. The Labute approximate surface area is 210 Å². The van der Waals surface area contributed by atoms with E-state index in [1.165, 1.54) is 36.4 Å². The first-order valence-corrected chi connectivity index (χ1v) is 11.0. The maximum absolute atomic E-state index is 13.0. The van der Waals surface area contributed by atoms with E-state index in [2.05, 4.69) is 5.32 Å². The van der Waals surface area contributed by atoms with Crippen LogP contribution in [-0.2, 0) is 25.6 Å². The number of ether oxygens (including phenoxy) is 2. The number of carbonyl (C=O) groups is 4. The molecular weight excluding hydrogens is 497 g/mol. The number of esters is 2. The van der Waals surface area contributed by atoms with Crippen LogP contribution >= 0.6 is 23.2 Å². The highest BCUT2D eigenvalue weighted by Gasteiger charge is 2.41. The highest BCUT2D eigenvalue weighted by molar-refractivity contribution is 6.34. The van der Waals surface area contributed by atoms with Crippen LogP contribution in [0.5, 0.6) is 0 Å². The SMILES string of the molecule is O=C(O[C@H](C(=O)O)[C@H](OC(=O)c1ccccc1Cl)C(=O)NCc1ccccc1)c1ccccc1Cl. The molecule has 3 rings (SSSR count). The monoisotopic (exact) mass is 515 g/mol. The van der Waals surface area contributed by atoms with Gasteiger partial charge in [-0.25, -0.2) is 14.4 Å². The molecule has 0 bridgehead atoms. The molecule has 0 aliphatic rings. The molecule has 3 aromatic carbocycles. The van der Waals surface area contributed by atoms with E-state index in [0.717, 1.165) is 0 Å². The summed E-state index contributed by atoms with van der Waals surface area (Å²) in [6.07, 6.45) is -4.22. The normalized spacial score (nSPS) is 12.2.